The quantitative estimate of drug-likeness (QED) is 0.613. The van der Waals surface area contributed by atoms with Crippen molar-refractivity contribution >= 4 is 27.7 Å². The molecule has 1 aliphatic rings. The van der Waals surface area contributed by atoms with Crippen molar-refractivity contribution in [2.45, 2.75) is 19.8 Å². The molecule has 0 aliphatic carbocycles. The lowest BCUT2D eigenvalue weighted by atomic mass is 10.2. The van der Waals surface area contributed by atoms with E-state index in [-0.39, 0.29) is 30.6 Å². The summed E-state index contributed by atoms with van der Waals surface area (Å²) < 4.78 is 12.2. The van der Waals surface area contributed by atoms with Crippen molar-refractivity contribution in [2.75, 3.05) is 39.4 Å². The number of amides is 2. The van der Waals surface area contributed by atoms with Crippen molar-refractivity contribution in [1.82, 2.24) is 9.80 Å². The van der Waals surface area contributed by atoms with Crippen LogP contribution in [0.3, 0.4) is 0 Å². The maximum absolute atomic E-state index is 12.5. The third-order valence-corrected chi connectivity index (χ3v) is 5.59. The molecule has 2 aromatic carbocycles. The summed E-state index contributed by atoms with van der Waals surface area (Å²) in [7, 11) is 0. The highest BCUT2D eigenvalue weighted by Crippen LogP contribution is 2.22. The van der Waals surface area contributed by atoms with E-state index in [9.17, 15) is 14.7 Å². The van der Waals surface area contributed by atoms with Gasteiger partial charge in [0.1, 0.15) is 17.2 Å². The van der Waals surface area contributed by atoms with Crippen LogP contribution in [0.5, 0.6) is 17.2 Å². The van der Waals surface area contributed by atoms with Crippen LogP contribution in [0.4, 0.5) is 0 Å². The third kappa shape index (κ3) is 6.89. The van der Waals surface area contributed by atoms with Gasteiger partial charge in [-0.25, -0.2) is 0 Å². The lowest BCUT2D eigenvalue weighted by Crippen LogP contribution is -2.51. The van der Waals surface area contributed by atoms with Crippen LogP contribution in [0, 0.1) is 6.92 Å². The van der Waals surface area contributed by atoms with Gasteiger partial charge in [-0.3, -0.25) is 9.59 Å². The van der Waals surface area contributed by atoms with E-state index in [1.54, 1.807) is 28.0 Å². The van der Waals surface area contributed by atoms with Crippen molar-refractivity contribution in [3.63, 3.8) is 0 Å². The average Bonchev–Trinajstić information content (AvgIpc) is 2.75. The zero-order chi connectivity index (χ0) is 22.2. The molecule has 2 aromatic rings. The van der Waals surface area contributed by atoms with Gasteiger partial charge >= 0.3 is 0 Å². The number of benzene rings is 2. The van der Waals surface area contributed by atoms with Crippen molar-refractivity contribution in [3.8, 4) is 17.2 Å². The molecule has 8 heteroatoms. The van der Waals surface area contributed by atoms with E-state index in [1.807, 2.05) is 25.1 Å². The van der Waals surface area contributed by atoms with Crippen molar-refractivity contribution in [3.05, 3.63) is 52.5 Å². The predicted octanol–water partition coefficient (Wildman–Crippen LogP) is 3.37. The Hall–Kier alpha value is -2.74. The Morgan fingerprint density at radius 3 is 2.13 bits per heavy atom. The highest BCUT2D eigenvalue weighted by molar-refractivity contribution is 9.10. The smallest absolute Gasteiger partial charge is 0.226 e. The number of nitrogens with zero attached hydrogens (tertiary/aromatic N) is 2. The second kappa shape index (κ2) is 11.0. The first-order valence-corrected chi connectivity index (χ1v) is 11.1. The molecule has 0 unspecified atom stereocenters. The maximum Gasteiger partial charge on any atom is 0.226 e. The van der Waals surface area contributed by atoms with Crippen LogP contribution in [-0.2, 0) is 9.59 Å². The molecule has 0 spiro atoms. The van der Waals surface area contributed by atoms with Crippen LogP contribution in [0.25, 0.3) is 0 Å². The molecule has 166 valence electrons. The Labute approximate surface area is 190 Å². The second-order valence-electron chi connectivity index (χ2n) is 7.37. The van der Waals surface area contributed by atoms with E-state index < -0.39 is 0 Å². The van der Waals surface area contributed by atoms with Crippen LogP contribution in [0.2, 0.25) is 0 Å². The third-order valence-electron chi connectivity index (χ3n) is 5.10. The Balaban J connectivity index is 1.34. The summed E-state index contributed by atoms with van der Waals surface area (Å²) in [6.45, 7) is 4.62. The average molecular weight is 491 g/mol. The number of hydrogen-bond donors (Lipinski definition) is 1. The van der Waals surface area contributed by atoms with Gasteiger partial charge in [0.15, 0.2) is 0 Å². The fourth-order valence-corrected chi connectivity index (χ4v) is 3.85. The first-order valence-electron chi connectivity index (χ1n) is 10.3. The van der Waals surface area contributed by atoms with Crippen LogP contribution < -0.4 is 9.47 Å². The zero-order valence-electron chi connectivity index (χ0n) is 17.6. The van der Waals surface area contributed by atoms with Crippen LogP contribution in [0.1, 0.15) is 18.4 Å². The monoisotopic (exact) mass is 490 g/mol. The van der Waals surface area contributed by atoms with Crippen molar-refractivity contribution in [2.24, 2.45) is 0 Å². The number of halogens is 1. The molecule has 0 bridgehead atoms. The van der Waals surface area contributed by atoms with E-state index >= 15 is 0 Å². The fourth-order valence-electron chi connectivity index (χ4n) is 3.37. The van der Waals surface area contributed by atoms with Crippen LogP contribution >= 0.6 is 15.9 Å². The van der Waals surface area contributed by atoms with Crippen molar-refractivity contribution < 1.29 is 24.2 Å². The van der Waals surface area contributed by atoms with Gasteiger partial charge in [-0.15, -0.1) is 0 Å². The summed E-state index contributed by atoms with van der Waals surface area (Å²) >= 11 is 3.42. The molecule has 0 atom stereocenters. The van der Waals surface area contributed by atoms with E-state index in [0.717, 1.165) is 15.8 Å². The Kier molecular flexibility index (Phi) is 8.17. The highest BCUT2D eigenvalue weighted by Gasteiger charge is 2.23. The minimum absolute atomic E-state index is 0.00120. The standard InChI is InChI=1S/C23H27BrN2O5/c1-17-15-18(24)5-6-21(17)31-14-8-23(29)26-11-9-25(10-12-26)22(28)7-13-30-20-4-2-3-19(27)16-20/h2-6,15-16,27H,7-14H2,1H3. The Morgan fingerprint density at radius 2 is 1.55 bits per heavy atom. The largest absolute Gasteiger partial charge is 0.508 e. The highest BCUT2D eigenvalue weighted by atomic mass is 79.9. The molecule has 2 amide bonds. The molecule has 0 radical (unpaired) electrons. The number of phenolic OH excluding ortho intramolecular Hbond substituents is 1. The van der Waals surface area contributed by atoms with Gasteiger partial charge in [0, 0.05) is 36.7 Å². The molecule has 1 heterocycles. The Bertz CT molecular complexity index is 913. The Morgan fingerprint density at radius 1 is 0.935 bits per heavy atom. The van der Waals surface area contributed by atoms with Gasteiger partial charge in [0.25, 0.3) is 0 Å². The molecule has 7 nitrogen and oxygen atoms in total. The number of ether oxygens (including phenoxy) is 2. The molecule has 1 fully saturated rings. The normalized spacial score (nSPS) is 13.7. The maximum atomic E-state index is 12.5. The van der Waals surface area contributed by atoms with Gasteiger partial charge < -0.3 is 24.4 Å². The molecule has 1 aliphatic heterocycles. The summed E-state index contributed by atoms with van der Waals surface area (Å²) in [6.07, 6.45) is 0.561. The molecular weight excluding hydrogens is 464 g/mol. The predicted molar refractivity (Wildman–Crippen MR) is 120 cm³/mol. The summed E-state index contributed by atoms with van der Waals surface area (Å²) in [4.78, 5) is 28.4. The number of rotatable bonds is 8. The number of carbonyl (C=O) groups is 2. The molecule has 0 saturated carbocycles. The topological polar surface area (TPSA) is 79.3 Å². The number of aromatic hydroxyl groups is 1. The molecule has 1 N–H and O–H groups in total. The molecule has 31 heavy (non-hydrogen) atoms. The summed E-state index contributed by atoms with van der Waals surface area (Å²) in [5, 5.41) is 9.43. The first-order chi connectivity index (χ1) is 14.9. The summed E-state index contributed by atoms with van der Waals surface area (Å²) in [6, 6.07) is 12.3. The first kappa shape index (κ1) is 22.9. The molecule has 1 saturated heterocycles. The molecule has 0 aromatic heterocycles. The zero-order valence-corrected chi connectivity index (χ0v) is 19.1. The van der Waals surface area contributed by atoms with Gasteiger partial charge in [-0.05, 0) is 42.8 Å². The van der Waals surface area contributed by atoms with Crippen LogP contribution in [0.15, 0.2) is 46.9 Å². The van der Waals surface area contributed by atoms with E-state index in [0.29, 0.717) is 45.0 Å². The van der Waals surface area contributed by atoms with Crippen molar-refractivity contribution in [1.29, 1.82) is 0 Å². The van der Waals surface area contributed by atoms with Gasteiger partial charge in [-0.1, -0.05) is 22.0 Å². The lowest BCUT2D eigenvalue weighted by molar-refractivity contribution is -0.140. The summed E-state index contributed by atoms with van der Waals surface area (Å²) in [5.74, 6) is 1.47. The fraction of sp³-hybridized carbons (Fsp3) is 0.391. The molecular formula is C23H27BrN2O5. The van der Waals surface area contributed by atoms with E-state index in [4.69, 9.17) is 9.47 Å². The molecule has 3 rings (SSSR count). The number of phenols is 1. The van der Waals surface area contributed by atoms with Crippen LogP contribution in [-0.4, -0.2) is 66.1 Å². The summed E-state index contributed by atoms with van der Waals surface area (Å²) in [5.41, 5.74) is 1.02. The van der Waals surface area contributed by atoms with Gasteiger partial charge in [-0.2, -0.15) is 0 Å². The number of hydrogen-bond acceptors (Lipinski definition) is 5. The second-order valence-corrected chi connectivity index (χ2v) is 8.28. The van der Waals surface area contributed by atoms with E-state index in [1.165, 1.54) is 6.07 Å². The lowest BCUT2D eigenvalue weighted by Gasteiger charge is -2.35. The van der Waals surface area contributed by atoms with E-state index in [2.05, 4.69) is 15.9 Å². The SMILES string of the molecule is Cc1cc(Br)ccc1OCCC(=O)N1CCN(C(=O)CCOc2cccc(O)c2)CC1. The van der Waals surface area contributed by atoms with Gasteiger partial charge in [0.2, 0.25) is 11.8 Å². The van der Waals surface area contributed by atoms with Gasteiger partial charge in [0.05, 0.1) is 26.1 Å². The number of aryl methyl sites for hydroxylation is 1. The number of piperazine rings is 1. The minimum atomic E-state index is 0.00120. The minimum Gasteiger partial charge on any atom is -0.508 e. The number of carbonyl (C=O) groups excluding carboxylic acids is 2.